The monoisotopic (exact) mass is 302 g/mol. The number of phenolic OH excluding ortho intramolecular Hbond substituents is 2. The molecule has 2 N–H and O–H groups in total. The molecule has 0 atom stereocenters. The molecule has 0 fully saturated rings. The summed E-state index contributed by atoms with van der Waals surface area (Å²) in [6, 6.07) is 10.1. The average Bonchev–Trinajstić information content (AvgIpc) is 2.79. The van der Waals surface area contributed by atoms with Gasteiger partial charge in [0.1, 0.15) is 17.3 Å². The molecule has 1 aromatic heterocycles. The average molecular weight is 303 g/mol. The molecule has 1 heterocycles. The highest BCUT2D eigenvalue weighted by molar-refractivity contribution is 6.31. The second-order valence-corrected chi connectivity index (χ2v) is 5.67. The molecule has 2 aromatic carbocycles. The smallest absolute Gasteiger partial charge is 0.145 e. The molecule has 0 radical (unpaired) electrons. The number of phenols is 2. The minimum atomic E-state index is 0.0797. The number of fused-ring (bicyclic) bond motifs is 1. The molecule has 0 amide bonds. The van der Waals surface area contributed by atoms with Crippen LogP contribution in [0.5, 0.6) is 11.5 Å². The quantitative estimate of drug-likeness (QED) is 0.692. The van der Waals surface area contributed by atoms with Gasteiger partial charge in [-0.1, -0.05) is 11.6 Å². The molecule has 0 aliphatic carbocycles. The normalized spacial score (nSPS) is 11.4. The molecule has 0 saturated heterocycles. The van der Waals surface area contributed by atoms with Crippen LogP contribution in [-0.2, 0) is 0 Å². The standard InChI is InChI=1S/C16H15ClN2O2/c1-9(2)19-14-5-3-10(17)7-13(14)18-16(19)12-8-11(20)4-6-15(12)21/h3-9,20-21H,1-2H3. The fourth-order valence-electron chi connectivity index (χ4n) is 2.49. The molecule has 5 heteroatoms. The van der Waals surface area contributed by atoms with Crippen molar-refractivity contribution in [3.63, 3.8) is 0 Å². The fourth-order valence-corrected chi connectivity index (χ4v) is 2.65. The first kappa shape index (κ1) is 13.8. The van der Waals surface area contributed by atoms with Gasteiger partial charge in [-0.05, 0) is 50.2 Å². The summed E-state index contributed by atoms with van der Waals surface area (Å²) in [5, 5.41) is 20.4. The van der Waals surface area contributed by atoms with Crippen molar-refractivity contribution >= 4 is 22.6 Å². The third-order valence-electron chi connectivity index (χ3n) is 3.39. The molecule has 0 unspecified atom stereocenters. The van der Waals surface area contributed by atoms with Gasteiger partial charge in [0.2, 0.25) is 0 Å². The van der Waals surface area contributed by atoms with E-state index in [1.165, 1.54) is 18.2 Å². The van der Waals surface area contributed by atoms with Gasteiger partial charge in [-0.2, -0.15) is 0 Å². The number of aromatic nitrogens is 2. The lowest BCUT2D eigenvalue weighted by atomic mass is 10.1. The fraction of sp³-hybridized carbons (Fsp3) is 0.188. The maximum Gasteiger partial charge on any atom is 0.145 e. The largest absolute Gasteiger partial charge is 0.508 e. The van der Waals surface area contributed by atoms with Gasteiger partial charge >= 0.3 is 0 Å². The molecule has 3 aromatic rings. The molecule has 0 aliphatic heterocycles. The summed E-state index contributed by atoms with van der Waals surface area (Å²) in [6.45, 7) is 4.08. The van der Waals surface area contributed by atoms with Crippen LogP contribution in [0.2, 0.25) is 5.02 Å². The summed E-state index contributed by atoms with van der Waals surface area (Å²) in [5.41, 5.74) is 2.19. The number of aromatic hydroxyl groups is 2. The molecule has 0 spiro atoms. The van der Waals surface area contributed by atoms with Gasteiger partial charge in [-0.15, -0.1) is 0 Å². The topological polar surface area (TPSA) is 58.3 Å². The molecular formula is C16H15ClN2O2. The first-order valence-electron chi connectivity index (χ1n) is 6.67. The van der Waals surface area contributed by atoms with Crippen molar-refractivity contribution in [2.45, 2.75) is 19.9 Å². The Labute approximate surface area is 127 Å². The Balaban J connectivity index is 2.36. The van der Waals surface area contributed by atoms with Gasteiger partial charge < -0.3 is 14.8 Å². The van der Waals surface area contributed by atoms with Crippen molar-refractivity contribution in [2.75, 3.05) is 0 Å². The van der Waals surface area contributed by atoms with Crippen LogP contribution in [-0.4, -0.2) is 19.8 Å². The highest BCUT2D eigenvalue weighted by atomic mass is 35.5. The Hall–Kier alpha value is -2.20. The third-order valence-corrected chi connectivity index (χ3v) is 3.62. The lowest BCUT2D eigenvalue weighted by Gasteiger charge is -2.14. The number of benzene rings is 2. The Kier molecular flexibility index (Phi) is 3.26. The maximum atomic E-state index is 10.1. The van der Waals surface area contributed by atoms with Gasteiger partial charge in [0.25, 0.3) is 0 Å². The first-order valence-corrected chi connectivity index (χ1v) is 7.05. The number of hydrogen-bond acceptors (Lipinski definition) is 3. The zero-order valence-electron chi connectivity index (χ0n) is 11.7. The molecule has 0 aliphatic rings. The van der Waals surface area contributed by atoms with Crippen molar-refractivity contribution in [3.05, 3.63) is 41.4 Å². The van der Waals surface area contributed by atoms with E-state index in [9.17, 15) is 10.2 Å². The van der Waals surface area contributed by atoms with Gasteiger partial charge in [0.15, 0.2) is 0 Å². The van der Waals surface area contributed by atoms with Crippen molar-refractivity contribution in [3.8, 4) is 22.9 Å². The minimum absolute atomic E-state index is 0.0797. The van der Waals surface area contributed by atoms with Crippen LogP contribution in [0.15, 0.2) is 36.4 Å². The summed E-state index contributed by atoms with van der Waals surface area (Å²) in [7, 11) is 0. The predicted octanol–water partition coefficient (Wildman–Crippen LogP) is 4.35. The summed E-state index contributed by atoms with van der Waals surface area (Å²) >= 11 is 6.02. The number of imidazole rings is 1. The van der Waals surface area contributed by atoms with Crippen LogP contribution in [0.4, 0.5) is 0 Å². The van der Waals surface area contributed by atoms with Crippen molar-refractivity contribution in [1.29, 1.82) is 0 Å². The van der Waals surface area contributed by atoms with Crippen molar-refractivity contribution < 1.29 is 10.2 Å². The Bertz CT molecular complexity index is 825. The number of nitrogens with zero attached hydrogens (tertiary/aromatic N) is 2. The van der Waals surface area contributed by atoms with E-state index < -0.39 is 0 Å². The van der Waals surface area contributed by atoms with E-state index in [2.05, 4.69) is 4.98 Å². The zero-order chi connectivity index (χ0) is 15.1. The lowest BCUT2D eigenvalue weighted by Crippen LogP contribution is -2.03. The molecule has 4 nitrogen and oxygen atoms in total. The molecule has 108 valence electrons. The lowest BCUT2D eigenvalue weighted by molar-refractivity contribution is 0.461. The van der Waals surface area contributed by atoms with E-state index in [4.69, 9.17) is 11.6 Å². The number of rotatable bonds is 2. The van der Waals surface area contributed by atoms with Gasteiger partial charge in [0, 0.05) is 11.1 Å². The molecular weight excluding hydrogens is 288 g/mol. The highest BCUT2D eigenvalue weighted by Gasteiger charge is 2.18. The molecule has 21 heavy (non-hydrogen) atoms. The summed E-state index contributed by atoms with van der Waals surface area (Å²) in [6.07, 6.45) is 0. The van der Waals surface area contributed by atoms with Crippen molar-refractivity contribution in [2.24, 2.45) is 0 Å². The zero-order valence-corrected chi connectivity index (χ0v) is 12.5. The Morgan fingerprint density at radius 1 is 1.10 bits per heavy atom. The van der Waals surface area contributed by atoms with E-state index >= 15 is 0 Å². The van der Waals surface area contributed by atoms with Crippen LogP contribution in [0.25, 0.3) is 22.4 Å². The van der Waals surface area contributed by atoms with E-state index in [-0.39, 0.29) is 17.5 Å². The number of halogens is 1. The van der Waals surface area contributed by atoms with Gasteiger partial charge in [-0.3, -0.25) is 0 Å². The van der Waals surface area contributed by atoms with E-state index in [0.29, 0.717) is 16.4 Å². The minimum Gasteiger partial charge on any atom is -0.508 e. The van der Waals surface area contributed by atoms with E-state index in [0.717, 1.165) is 11.0 Å². The predicted molar refractivity (Wildman–Crippen MR) is 83.9 cm³/mol. The molecule has 3 rings (SSSR count). The van der Waals surface area contributed by atoms with Gasteiger partial charge in [-0.25, -0.2) is 4.98 Å². The van der Waals surface area contributed by atoms with Crippen LogP contribution in [0, 0.1) is 0 Å². The third kappa shape index (κ3) is 2.32. The van der Waals surface area contributed by atoms with Crippen LogP contribution >= 0.6 is 11.6 Å². The molecule has 0 bridgehead atoms. The second kappa shape index (κ2) is 4.97. The highest BCUT2D eigenvalue weighted by Crippen LogP contribution is 2.36. The number of hydrogen-bond donors (Lipinski definition) is 2. The van der Waals surface area contributed by atoms with Crippen molar-refractivity contribution in [1.82, 2.24) is 9.55 Å². The Morgan fingerprint density at radius 3 is 2.57 bits per heavy atom. The van der Waals surface area contributed by atoms with E-state index in [1.807, 2.05) is 30.5 Å². The molecule has 0 saturated carbocycles. The second-order valence-electron chi connectivity index (χ2n) is 5.23. The van der Waals surface area contributed by atoms with Gasteiger partial charge in [0.05, 0.1) is 16.6 Å². The first-order chi connectivity index (χ1) is 9.97. The van der Waals surface area contributed by atoms with Crippen LogP contribution in [0.3, 0.4) is 0 Å². The maximum absolute atomic E-state index is 10.1. The SMILES string of the molecule is CC(C)n1c(-c2cc(O)ccc2O)nc2cc(Cl)ccc21. The van der Waals surface area contributed by atoms with E-state index in [1.54, 1.807) is 6.07 Å². The Morgan fingerprint density at radius 2 is 1.86 bits per heavy atom. The summed E-state index contributed by atoms with van der Waals surface area (Å²) in [4.78, 5) is 4.57. The summed E-state index contributed by atoms with van der Waals surface area (Å²) in [5.74, 6) is 0.773. The summed E-state index contributed by atoms with van der Waals surface area (Å²) < 4.78 is 2.01. The van der Waals surface area contributed by atoms with Crippen LogP contribution in [0.1, 0.15) is 19.9 Å². The van der Waals surface area contributed by atoms with Crippen LogP contribution < -0.4 is 0 Å².